The Balaban J connectivity index is 1.80. The molecule has 0 saturated carbocycles. The van der Waals surface area contributed by atoms with Crippen LogP contribution in [-0.4, -0.2) is 34.4 Å². The standard InChI is InChI=1S/C20H19ClF3N3O3/c21-15-10-13(20(22,23)24)11-27(19(15)30)12-17(28)25-16-7-3-2-6-14(16)18(29)26-8-4-1-5-9-26/h2-3,6-7,10-11H,1,4-5,8-9,12H2,(H,25,28). The second kappa shape index (κ2) is 8.91. The Morgan fingerprint density at radius 1 is 1.10 bits per heavy atom. The molecule has 1 N–H and O–H groups in total. The second-order valence-corrected chi connectivity index (χ2v) is 7.36. The van der Waals surface area contributed by atoms with Crippen molar-refractivity contribution in [3.8, 4) is 0 Å². The molecular weight excluding hydrogens is 423 g/mol. The minimum atomic E-state index is -4.72. The Kier molecular flexibility index (Phi) is 6.50. The second-order valence-electron chi connectivity index (χ2n) is 6.95. The number of aromatic nitrogens is 1. The minimum Gasteiger partial charge on any atom is -0.339 e. The van der Waals surface area contributed by atoms with Crippen LogP contribution in [0.25, 0.3) is 0 Å². The highest BCUT2D eigenvalue weighted by Gasteiger charge is 2.32. The number of rotatable bonds is 4. The molecule has 1 aliphatic rings. The van der Waals surface area contributed by atoms with Crippen molar-refractivity contribution in [1.29, 1.82) is 0 Å². The van der Waals surface area contributed by atoms with Crippen LogP contribution in [0.2, 0.25) is 5.02 Å². The van der Waals surface area contributed by atoms with Crippen molar-refractivity contribution in [2.75, 3.05) is 18.4 Å². The third-order valence-corrected chi connectivity index (χ3v) is 5.03. The molecule has 0 unspecified atom stereocenters. The normalized spacial score (nSPS) is 14.5. The van der Waals surface area contributed by atoms with E-state index in [0.717, 1.165) is 19.3 Å². The van der Waals surface area contributed by atoms with Crippen molar-refractivity contribution in [3.63, 3.8) is 0 Å². The van der Waals surface area contributed by atoms with Crippen molar-refractivity contribution >= 4 is 29.1 Å². The number of para-hydroxylation sites is 1. The average Bonchev–Trinajstić information content (AvgIpc) is 2.71. The van der Waals surface area contributed by atoms with Crippen molar-refractivity contribution in [3.05, 3.63) is 63.0 Å². The van der Waals surface area contributed by atoms with Gasteiger partial charge in [0.05, 0.1) is 16.8 Å². The van der Waals surface area contributed by atoms with Gasteiger partial charge >= 0.3 is 6.18 Å². The number of carbonyl (C=O) groups excluding carboxylic acids is 2. The van der Waals surface area contributed by atoms with E-state index in [-0.39, 0.29) is 17.2 Å². The molecule has 3 rings (SSSR count). The molecule has 1 aromatic carbocycles. The molecule has 0 aliphatic carbocycles. The quantitative estimate of drug-likeness (QED) is 0.784. The molecular formula is C20H19ClF3N3O3. The fraction of sp³-hybridized carbons (Fsp3) is 0.350. The van der Waals surface area contributed by atoms with Crippen LogP contribution in [0.4, 0.5) is 18.9 Å². The maximum absolute atomic E-state index is 13.0. The zero-order valence-corrected chi connectivity index (χ0v) is 16.6. The van der Waals surface area contributed by atoms with Crippen LogP contribution in [0.15, 0.2) is 41.3 Å². The van der Waals surface area contributed by atoms with Crippen LogP contribution in [0, 0.1) is 0 Å². The van der Waals surface area contributed by atoms with Crippen molar-refractivity contribution < 1.29 is 22.8 Å². The van der Waals surface area contributed by atoms with Gasteiger partial charge < -0.3 is 14.8 Å². The summed E-state index contributed by atoms with van der Waals surface area (Å²) >= 11 is 5.61. The van der Waals surface area contributed by atoms with Gasteiger partial charge in [-0.3, -0.25) is 14.4 Å². The Labute approximate surface area is 175 Å². The van der Waals surface area contributed by atoms with Gasteiger partial charge in [0.1, 0.15) is 11.6 Å². The smallest absolute Gasteiger partial charge is 0.339 e. The van der Waals surface area contributed by atoms with Gasteiger partial charge in [-0.15, -0.1) is 0 Å². The monoisotopic (exact) mass is 441 g/mol. The van der Waals surface area contributed by atoms with Crippen molar-refractivity contribution in [2.45, 2.75) is 32.0 Å². The van der Waals surface area contributed by atoms with Crippen molar-refractivity contribution in [2.24, 2.45) is 0 Å². The first kappa shape index (κ1) is 21.9. The molecule has 0 bridgehead atoms. The molecule has 160 valence electrons. The number of anilines is 1. The van der Waals surface area contributed by atoms with Gasteiger partial charge in [-0.2, -0.15) is 13.2 Å². The van der Waals surface area contributed by atoms with Crippen LogP contribution in [0.3, 0.4) is 0 Å². The topological polar surface area (TPSA) is 71.4 Å². The van der Waals surface area contributed by atoms with Gasteiger partial charge in [-0.05, 0) is 37.5 Å². The molecule has 6 nitrogen and oxygen atoms in total. The Morgan fingerprint density at radius 2 is 1.77 bits per heavy atom. The number of alkyl halides is 3. The highest BCUT2D eigenvalue weighted by molar-refractivity contribution is 6.30. The van der Waals surface area contributed by atoms with Gasteiger partial charge in [0.25, 0.3) is 11.5 Å². The molecule has 0 atom stereocenters. The summed E-state index contributed by atoms with van der Waals surface area (Å²) < 4.78 is 39.5. The van der Waals surface area contributed by atoms with Crippen LogP contribution in [0.1, 0.15) is 35.2 Å². The summed E-state index contributed by atoms with van der Waals surface area (Å²) in [5.41, 5.74) is -1.55. The number of benzene rings is 1. The average molecular weight is 442 g/mol. The largest absolute Gasteiger partial charge is 0.417 e. The molecule has 1 fully saturated rings. The molecule has 0 radical (unpaired) electrons. The van der Waals surface area contributed by atoms with E-state index in [4.69, 9.17) is 11.6 Å². The lowest BCUT2D eigenvalue weighted by atomic mass is 10.1. The zero-order chi connectivity index (χ0) is 21.9. The highest BCUT2D eigenvalue weighted by Crippen LogP contribution is 2.29. The number of pyridine rings is 1. The Bertz CT molecular complexity index is 1010. The van der Waals surface area contributed by atoms with Gasteiger partial charge in [-0.1, -0.05) is 23.7 Å². The number of carbonyl (C=O) groups is 2. The Morgan fingerprint density at radius 3 is 2.43 bits per heavy atom. The maximum Gasteiger partial charge on any atom is 0.417 e. The van der Waals surface area contributed by atoms with Gasteiger partial charge in [0.15, 0.2) is 0 Å². The third kappa shape index (κ3) is 5.02. The van der Waals surface area contributed by atoms with E-state index in [9.17, 15) is 27.6 Å². The van der Waals surface area contributed by atoms with Crippen LogP contribution >= 0.6 is 11.6 Å². The SMILES string of the molecule is O=C(Cn1cc(C(F)(F)F)cc(Cl)c1=O)Nc1ccccc1C(=O)N1CCCCC1. The number of halogens is 4. The zero-order valence-electron chi connectivity index (χ0n) is 15.8. The first-order valence-corrected chi connectivity index (χ1v) is 9.70. The van der Waals surface area contributed by atoms with Crippen LogP contribution < -0.4 is 10.9 Å². The molecule has 0 spiro atoms. The predicted octanol–water partition coefficient (Wildman–Crippen LogP) is 3.79. The fourth-order valence-corrected chi connectivity index (χ4v) is 3.49. The molecule has 2 heterocycles. The molecule has 2 amide bonds. The van der Waals surface area contributed by atoms with E-state index in [1.54, 1.807) is 23.1 Å². The number of piperidine rings is 1. The number of nitrogens with zero attached hydrogens (tertiary/aromatic N) is 2. The number of hydrogen-bond acceptors (Lipinski definition) is 3. The first-order chi connectivity index (χ1) is 14.2. The molecule has 30 heavy (non-hydrogen) atoms. The molecule has 1 saturated heterocycles. The molecule has 10 heteroatoms. The van der Waals surface area contributed by atoms with E-state index >= 15 is 0 Å². The molecule has 1 aromatic heterocycles. The fourth-order valence-electron chi connectivity index (χ4n) is 3.26. The van der Waals surface area contributed by atoms with E-state index in [1.165, 1.54) is 6.07 Å². The van der Waals surface area contributed by atoms with Crippen molar-refractivity contribution in [1.82, 2.24) is 9.47 Å². The van der Waals surface area contributed by atoms with Gasteiger partial charge in [0.2, 0.25) is 5.91 Å². The molecule has 1 aliphatic heterocycles. The number of hydrogen-bond donors (Lipinski definition) is 1. The number of nitrogens with one attached hydrogen (secondary N) is 1. The number of likely N-dealkylation sites (tertiary alicyclic amines) is 1. The van der Waals surface area contributed by atoms with Crippen LogP contribution in [0.5, 0.6) is 0 Å². The lowest BCUT2D eigenvalue weighted by Crippen LogP contribution is -2.36. The highest BCUT2D eigenvalue weighted by atomic mass is 35.5. The number of amides is 2. The van der Waals surface area contributed by atoms with E-state index in [1.807, 2.05) is 0 Å². The summed E-state index contributed by atoms with van der Waals surface area (Å²) in [6.45, 7) is 0.563. The van der Waals surface area contributed by atoms with Crippen LogP contribution in [-0.2, 0) is 17.5 Å². The summed E-state index contributed by atoms with van der Waals surface area (Å²) in [6, 6.07) is 6.89. The predicted molar refractivity (Wildman–Crippen MR) is 106 cm³/mol. The lowest BCUT2D eigenvalue weighted by Gasteiger charge is -2.27. The molecule has 2 aromatic rings. The summed E-state index contributed by atoms with van der Waals surface area (Å²) in [5, 5.41) is 1.87. The van der Waals surface area contributed by atoms with E-state index in [0.29, 0.717) is 29.9 Å². The van der Waals surface area contributed by atoms with E-state index in [2.05, 4.69) is 5.32 Å². The summed E-state index contributed by atoms with van der Waals surface area (Å²) in [4.78, 5) is 39.0. The third-order valence-electron chi connectivity index (χ3n) is 4.76. The van der Waals surface area contributed by atoms with Gasteiger partial charge in [0, 0.05) is 19.3 Å². The van der Waals surface area contributed by atoms with E-state index < -0.39 is 34.8 Å². The summed E-state index contributed by atoms with van der Waals surface area (Å²) in [6.07, 6.45) is -1.32. The first-order valence-electron chi connectivity index (χ1n) is 9.32. The van der Waals surface area contributed by atoms with Gasteiger partial charge in [-0.25, -0.2) is 0 Å². The lowest BCUT2D eigenvalue weighted by molar-refractivity contribution is -0.138. The summed E-state index contributed by atoms with van der Waals surface area (Å²) in [7, 11) is 0. The minimum absolute atomic E-state index is 0.226. The maximum atomic E-state index is 13.0. The summed E-state index contributed by atoms with van der Waals surface area (Å²) in [5.74, 6) is -0.990. The Hall–Kier alpha value is -2.81.